The number of benzene rings is 1. The van der Waals surface area contributed by atoms with Gasteiger partial charge in [0.1, 0.15) is 5.75 Å². The number of carbonyl (C=O) groups excluding carboxylic acids is 1. The molecule has 0 radical (unpaired) electrons. The molecular weight excluding hydrogens is 310 g/mol. The summed E-state index contributed by atoms with van der Waals surface area (Å²) in [6.45, 7) is 0.825. The van der Waals surface area contributed by atoms with Crippen molar-refractivity contribution in [1.82, 2.24) is 0 Å². The topological polar surface area (TPSA) is 47.6 Å². The predicted molar refractivity (Wildman–Crippen MR) is 77.5 cm³/mol. The third-order valence-electron chi connectivity index (χ3n) is 3.15. The van der Waals surface area contributed by atoms with Crippen LogP contribution in [0.2, 0.25) is 0 Å². The second kappa shape index (κ2) is 6.91. The molecule has 1 atom stereocenters. The summed E-state index contributed by atoms with van der Waals surface area (Å²) in [6.07, 6.45) is 3.66. The fraction of sp³-hybridized carbons (Fsp3) is 0.500. The van der Waals surface area contributed by atoms with Crippen LogP contribution in [-0.2, 0) is 9.53 Å². The van der Waals surface area contributed by atoms with E-state index in [1.807, 2.05) is 18.2 Å². The lowest BCUT2D eigenvalue weighted by Crippen LogP contribution is -2.15. The molecule has 5 heteroatoms. The first-order valence-electron chi connectivity index (χ1n) is 6.44. The van der Waals surface area contributed by atoms with Crippen LogP contribution in [0.4, 0.5) is 5.69 Å². The summed E-state index contributed by atoms with van der Waals surface area (Å²) in [6, 6.07) is 5.53. The Bertz CT molecular complexity index is 444. The molecule has 19 heavy (non-hydrogen) atoms. The number of ether oxygens (including phenoxy) is 2. The number of methoxy groups -OCH3 is 1. The van der Waals surface area contributed by atoms with Crippen LogP contribution in [0.1, 0.15) is 25.7 Å². The standard InChI is InChI=1S/C14H18BrNO3/c1-18-13-6-4-10(15)9-12(13)16-14(17)7-5-11-3-2-8-19-11/h4,6,9,11H,2-3,5,7-8H2,1H3,(H,16,17). The van der Waals surface area contributed by atoms with E-state index in [-0.39, 0.29) is 12.0 Å². The molecule has 1 saturated heterocycles. The van der Waals surface area contributed by atoms with Crippen LogP contribution in [0.3, 0.4) is 0 Å². The van der Waals surface area contributed by atoms with Crippen molar-refractivity contribution in [3.05, 3.63) is 22.7 Å². The highest BCUT2D eigenvalue weighted by Gasteiger charge is 2.17. The van der Waals surface area contributed by atoms with Gasteiger partial charge in [-0.15, -0.1) is 0 Å². The van der Waals surface area contributed by atoms with E-state index in [1.165, 1.54) is 0 Å². The fourth-order valence-corrected chi connectivity index (χ4v) is 2.52. The quantitative estimate of drug-likeness (QED) is 0.902. The zero-order chi connectivity index (χ0) is 13.7. The molecule has 1 heterocycles. The van der Waals surface area contributed by atoms with Crippen molar-refractivity contribution < 1.29 is 14.3 Å². The molecule has 1 aromatic carbocycles. The normalized spacial score (nSPS) is 18.3. The van der Waals surface area contributed by atoms with Crippen molar-refractivity contribution in [3.63, 3.8) is 0 Å². The van der Waals surface area contributed by atoms with Crippen LogP contribution in [0.5, 0.6) is 5.75 Å². The van der Waals surface area contributed by atoms with Gasteiger partial charge in [-0.1, -0.05) is 15.9 Å². The van der Waals surface area contributed by atoms with Gasteiger partial charge in [0.15, 0.2) is 0 Å². The van der Waals surface area contributed by atoms with Crippen molar-refractivity contribution in [3.8, 4) is 5.75 Å². The first kappa shape index (κ1) is 14.3. The number of hydrogen-bond acceptors (Lipinski definition) is 3. The van der Waals surface area contributed by atoms with E-state index in [0.29, 0.717) is 17.9 Å². The lowest BCUT2D eigenvalue weighted by Gasteiger charge is -2.12. The molecule has 1 N–H and O–H groups in total. The average molecular weight is 328 g/mol. The number of rotatable bonds is 5. The Labute approximate surface area is 121 Å². The molecule has 0 spiro atoms. The molecule has 0 aliphatic carbocycles. The number of nitrogens with one attached hydrogen (secondary N) is 1. The van der Waals surface area contributed by atoms with Crippen LogP contribution in [-0.4, -0.2) is 25.7 Å². The van der Waals surface area contributed by atoms with E-state index in [4.69, 9.17) is 9.47 Å². The highest BCUT2D eigenvalue weighted by atomic mass is 79.9. The molecule has 1 amide bonds. The number of hydrogen-bond donors (Lipinski definition) is 1. The smallest absolute Gasteiger partial charge is 0.224 e. The van der Waals surface area contributed by atoms with Gasteiger partial charge in [0.05, 0.1) is 18.9 Å². The van der Waals surface area contributed by atoms with E-state index in [1.54, 1.807) is 7.11 Å². The molecular formula is C14H18BrNO3. The minimum absolute atomic E-state index is 0.00750. The second-order valence-electron chi connectivity index (χ2n) is 4.57. The monoisotopic (exact) mass is 327 g/mol. The molecule has 4 nitrogen and oxygen atoms in total. The lowest BCUT2D eigenvalue weighted by atomic mass is 10.1. The SMILES string of the molecule is COc1ccc(Br)cc1NC(=O)CCC1CCCO1. The van der Waals surface area contributed by atoms with Gasteiger partial charge in [-0.2, -0.15) is 0 Å². The zero-order valence-corrected chi connectivity index (χ0v) is 12.5. The summed E-state index contributed by atoms with van der Waals surface area (Å²) < 4.78 is 11.6. The number of halogens is 1. The molecule has 0 saturated carbocycles. The van der Waals surface area contributed by atoms with Gasteiger partial charge in [-0.05, 0) is 37.5 Å². The summed E-state index contributed by atoms with van der Waals surface area (Å²) in [4.78, 5) is 11.9. The number of anilines is 1. The summed E-state index contributed by atoms with van der Waals surface area (Å²) in [7, 11) is 1.59. The molecule has 0 aromatic heterocycles. The van der Waals surface area contributed by atoms with Gasteiger partial charge in [0, 0.05) is 17.5 Å². The van der Waals surface area contributed by atoms with Crippen LogP contribution in [0, 0.1) is 0 Å². The lowest BCUT2D eigenvalue weighted by molar-refractivity contribution is -0.116. The van der Waals surface area contributed by atoms with E-state index in [9.17, 15) is 4.79 Å². The number of carbonyl (C=O) groups is 1. The van der Waals surface area contributed by atoms with Crippen molar-refractivity contribution in [2.75, 3.05) is 19.0 Å². The van der Waals surface area contributed by atoms with Crippen LogP contribution in [0.25, 0.3) is 0 Å². The fourth-order valence-electron chi connectivity index (χ4n) is 2.15. The average Bonchev–Trinajstić information content (AvgIpc) is 2.90. The molecule has 1 aliphatic heterocycles. The summed E-state index contributed by atoms with van der Waals surface area (Å²) in [5.41, 5.74) is 0.689. The first-order chi connectivity index (χ1) is 9.19. The molecule has 104 valence electrons. The van der Waals surface area contributed by atoms with Crippen LogP contribution in [0.15, 0.2) is 22.7 Å². The zero-order valence-electron chi connectivity index (χ0n) is 10.9. The van der Waals surface area contributed by atoms with Crippen LogP contribution >= 0.6 is 15.9 Å². The maximum absolute atomic E-state index is 11.9. The minimum atomic E-state index is -0.00750. The Morgan fingerprint density at radius 2 is 2.42 bits per heavy atom. The van der Waals surface area contributed by atoms with Crippen molar-refractivity contribution in [2.24, 2.45) is 0 Å². The number of amides is 1. The highest BCUT2D eigenvalue weighted by molar-refractivity contribution is 9.10. The summed E-state index contributed by atoms with van der Waals surface area (Å²) in [5.74, 6) is 0.653. The maximum Gasteiger partial charge on any atom is 0.224 e. The largest absolute Gasteiger partial charge is 0.495 e. The second-order valence-corrected chi connectivity index (χ2v) is 5.48. The Morgan fingerprint density at radius 1 is 1.58 bits per heavy atom. The molecule has 1 aliphatic rings. The van der Waals surface area contributed by atoms with E-state index >= 15 is 0 Å². The van der Waals surface area contributed by atoms with Gasteiger partial charge < -0.3 is 14.8 Å². The van der Waals surface area contributed by atoms with Gasteiger partial charge >= 0.3 is 0 Å². The Kier molecular flexibility index (Phi) is 5.22. The van der Waals surface area contributed by atoms with Gasteiger partial charge in [-0.3, -0.25) is 4.79 Å². The summed E-state index contributed by atoms with van der Waals surface area (Å²) >= 11 is 3.38. The molecule has 1 fully saturated rings. The predicted octanol–water partition coefficient (Wildman–Crippen LogP) is 3.36. The summed E-state index contributed by atoms with van der Waals surface area (Å²) in [5, 5.41) is 2.88. The third kappa shape index (κ3) is 4.21. The van der Waals surface area contributed by atoms with Crippen molar-refractivity contribution in [1.29, 1.82) is 0 Å². The Morgan fingerprint density at radius 3 is 3.11 bits per heavy atom. The minimum Gasteiger partial charge on any atom is -0.495 e. The van der Waals surface area contributed by atoms with Gasteiger partial charge in [0.25, 0.3) is 0 Å². The third-order valence-corrected chi connectivity index (χ3v) is 3.65. The van der Waals surface area contributed by atoms with Crippen LogP contribution < -0.4 is 10.1 Å². The van der Waals surface area contributed by atoms with E-state index in [0.717, 1.165) is 30.3 Å². The van der Waals surface area contributed by atoms with Gasteiger partial charge in [0.2, 0.25) is 5.91 Å². The van der Waals surface area contributed by atoms with E-state index < -0.39 is 0 Å². The van der Waals surface area contributed by atoms with Gasteiger partial charge in [-0.25, -0.2) is 0 Å². The first-order valence-corrected chi connectivity index (χ1v) is 7.23. The van der Waals surface area contributed by atoms with E-state index in [2.05, 4.69) is 21.2 Å². The Hall–Kier alpha value is -1.07. The van der Waals surface area contributed by atoms with Crippen molar-refractivity contribution >= 4 is 27.5 Å². The molecule has 1 aromatic rings. The van der Waals surface area contributed by atoms with Crippen molar-refractivity contribution in [2.45, 2.75) is 31.8 Å². The Balaban J connectivity index is 1.88. The molecule has 2 rings (SSSR count). The highest BCUT2D eigenvalue weighted by Crippen LogP contribution is 2.28. The maximum atomic E-state index is 11.9. The molecule has 0 bridgehead atoms. The molecule has 1 unspecified atom stereocenters.